The van der Waals surface area contributed by atoms with Gasteiger partial charge >= 0.3 is 31.0 Å². The van der Waals surface area contributed by atoms with Crippen LogP contribution in [0.25, 0.3) is 0 Å². The fraction of sp³-hybridized carbons (Fsp3) is 1.00. The molecule has 0 aromatic heterocycles. The minimum absolute atomic E-state index is 0.0433. The first-order valence-corrected chi connectivity index (χ1v) is 11.9. The van der Waals surface area contributed by atoms with Crippen molar-refractivity contribution in [2.24, 2.45) is 0 Å². The quantitative estimate of drug-likeness (QED) is 0.329. The molecule has 0 spiro atoms. The standard InChI is InChI=1S/C6H20N2O12P4/c1-17-21(9,10)7(22(11,12)18-2)5-6-8(23(13,14)19-3)24(15,16)20-4/h5-6H2,1-4H3,(H,9,10)(H,11,12)(H,13,14)(H,15,16). The summed E-state index contributed by atoms with van der Waals surface area (Å²) < 4.78 is 64.2. The Labute approximate surface area is 138 Å². The Bertz CT molecular complexity index is 510. The van der Waals surface area contributed by atoms with Crippen LogP contribution in [0.3, 0.4) is 0 Å². The van der Waals surface area contributed by atoms with Gasteiger partial charge in [0.2, 0.25) is 0 Å². The largest absolute Gasteiger partial charge is 0.414 e. The van der Waals surface area contributed by atoms with Gasteiger partial charge in [0.15, 0.2) is 0 Å². The van der Waals surface area contributed by atoms with E-state index in [1.54, 1.807) is 0 Å². The fourth-order valence-corrected chi connectivity index (χ4v) is 6.63. The highest BCUT2D eigenvalue weighted by molar-refractivity contribution is 7.66. The zero-order valence-corrected chi connectivity index (χ0v) is 16.7. The van der Waals surface area contributed by atoms with Gasteiger partial charge in [-0.05, 0) is 0 Å². The normalized spacial score (nSPS) is 22.6. The van der Waals surface area contributed by atoms with Crippen LogP contribution in [0.5, 0.6) is 0 Å². The molecule has 0 rings (SSSR count). The van der Waals surface area contributed by atoms with Crippen molar-refractivity contribution in [3.8, 4) is 0 Å². The van der Waals surface area contributed by atoms with Crippen LogP contribution < -0.4 is 0 Å². The fourth-order valence-electron chi connectivity index (χ4n) is 1.35. The van der Waals surface area contributed by atoms with E-state index < -0.39 is 44.1 Å². The molecule has 0 fully saturated rings. The van der Waals surface area contributed by atoms with E-state index in [4.69, 9.17) is 0 Å². The zero-order chi connectivity index (χ0) is 19.4. The number of rotatable bonds is 11. The Morgan fingerprint density at radius 2 is 0.750 bits per heavy atom. The van der Waals surface area contributed by atoms with E-state index >= 15 is 0 Å². The molecule has 0 bridgehead atoms. The summed E-state index contributed by atoms with van der Waals surface area (Å²) in [7, 11) is -16.4. The molecule has 0 saturated heterocycles. The lowest BCUT2D eigenvalue weighted by atomic mass is 10.7. The van der Waals surface area contributed by atoms with Crippen molar-refractivity contribution in [1.82, 2.24) is 8.88 Å². The molecule has 0 aliphatic rings. The summed E-state index contributed by atoms with van der Waals surface area (Å²) in [5.41, 5.74) is 0. The molecule has 0 aliphatic heterocycles. The maximum atomic E-state index is 11.8. The van der Waals surface area contributed by atoms with Gasteiger partial charge in [0.1, 0.15) is 0 Å². The third kappa shape index (κ3) is 6.05. The van der Waals surface area contributed by atoms with Gasteiger partial charge in [0.05, 0.1) is 0 Å². The van der Waals surface area contributed by atoms with Gasteiger partial charge in [0.25, 0.3) is 0 Å². The summed E-state index contributed by atoms with van der Waals surface area (Å²) >= 11 is 0. The van der Waals surface area contributed by atoms with Crippen molar-refractivity contribution in [1.29, 1.82) is 0 Å². The van der Waals surface area contributed by atoms with E-state index in [-0.39, 0.29) is 8.88 Å². The van der Waals surface area contributed by atoms with Gasteiger partial charge in [-0.25, -0.2) is 18.3 Å². The van der Waals surface area contributed by atoms with Crippen molar-refractivity contribution >= 4 is 31.0 Å². The summed E-state index contributed by atoms with van der Waals surface area (Å²) in [6, 6.07) is 0. The molecule has 4 atom stereocenters. The predicted octanol–water partition coefficient (Wildman–Crippen LogP) is 0.578. The Morgan fingerprint density at radius 1 is 0.583 bits per heavy atom. The van der Waals surface area contributed by atoms with Crippen molar-refractivity contribution in [2.45, 2.75) is 0 Å². The molecule has 0 amide bonds. The molecule has 4 unspecified atom stereocenters. The highest BCUT2D eigenvalue weighted by Gasteiger charge is 2.47. The Morgan fingerprint density at radius 3 is 0.875 bits per heavy atom. The second-order valence-electron chi connectivity index (χ2n) is 3.88. The Kier molecular flexibility index (Phi) is 9.14. The summed E-state index contributed by atoms with van der Waals surface area (Å²) in [5.74, 6) is 0. The van der Waals surface area contributed by atoms with Crippen LogP contribution in [-0.4, -0.2) is 70.0 Å². The highest BCUT2D eigenvalue weighted by Crippen LogP contribution is 2.65. The highest BCUT2D eigenvalue weighted by atomic mass is 31.3. The van der Waals surface area contributed by atoms with Gasteiger partial charge < -0.3 is 19.6 Å². The molecule has 0 heterocycles. The molecule has 0 radical (unpaired) electrons. The molecular weight excluding hydrogens is 416 g/mol. The van der Waals surface area contributed by atoms with Crippen LogP contribution in [-0.2, 0) is 36.4 Å². The van der Waals surface area contributed by atoms with Gasteiger partial charge in [-0.1, -0.05) is 0 Å². The molecule has 146 valence electrons. The van der Waals surface area contributed by atoms with E-state index in [1.807, 2.05) is 0 Å². The molecule has 0 saturated carbocycles. The first-order chi connectivity index (χ1) is 10.7. The molecule has 18 heteroatoms. The van der Waals surface area contributed by atoms with Gasteiger partial charge in [-0.15, -0.1) is 8.88 Å². The van der Waals surface area contributed by atoms with Crippen molar-refractivity contribution in [3.05, 3.63) is 0 Å². The smallest absolute Gasteiger partial charge is 0.312 e. The molecule has 0 aliphatic carbocycles. The van der Waals surface area contributed by atoms with E-state index in [2.05, 4.69) is 18.1 Å². The van der Waals surface area contributed by atoms with Crippen LogP contribution in [0, 0.1) is 0 Å². The molecular formula is C6H20N2O12P4. The predicted molar refractivity (Wildman–Crippen MR) is 80.7 cm³/mol. The minimum atomic E-state index is -4.86. The lowest BCUT2D eigenvalue weighted by molar-refractivity contribution is 0.204. The third-order valence-corrected chi connectivity index (χ3v) is 10.4. The van der Waals surface area contributed by atoms with Crippen LogP contribution in [0.2, 0.25) is 0 Å². The molecule has 0 aromatic rings. The lowest BCUT2D eigenvalue weighted by Gasteiger charge is -2.32. The monoisotopic (exact) mass is 436 g/mol. The average molecular weight is 436 g/mol. The van der Waals surface area contributed by atoms with Crippen molar-refractivity contribution in [2.75, 3.05) is 41.5 Å². The number of hydrogen-bond acceptors (Lipinski definition) is 8. The topological polar surface area (TPSA) is 193 Å². The summed E-state index contributed by atoms with van der Waals surface area (Å²) in [4.78, 5) is 38.3. The van der Waals surface area contributed by atoms with Crippen LogP contribution in [0.1, 0.15) is 0 Å². The molecule has 4 N–H and O–H groups in total. The van der Waals surface area contributed by atoms with Gasteiger partial charge in [-0.3, -0.25) is 18.1 Å². The summed E-state index contributed by atoms with van der Waals surface area (Å²) in [6.45, 7) is -1.93. The maximum Gasteiger partial charge on any atom is 0.414 e. The van der Waals surface area contributed by atoms with Crippen LogP contribution in [0.15, 0.2) is 0 Å². The SMILES string of the molecule is COP(=O)(O)N(CCN(P(=O)(O)OC)P(=O)(O)OC)P(=O)(O)OC. The van der Waals surface area contributed by atoms with E-state index in [0.717, 1.165) is 28.4 Å². The minimum Gasteiger partial charge on any atom is -0.312 e. The van der Waals surface area contributed by atoms with Gasteiger partial charge in [0, 0.05) is 41.5 Å². The van der Waals surface area contributed by atoms with E-state index in [0.29, 0.717) is 0 Å². The lowest BCUT2D eigenvalue weighted by Crippen LogP contribution is -2.30. The number of nitrogens with zero attached hydrogens (tertiary/aromatic N) is 2. The Hall–Kier alpha value is 0.520. The van der Waals surface area contributed by atoms with Crippen molar-refractivity contribution in [3.63, 3.8) is 0 Å². The van der Waals surface area contributed by atoms with Gasteiger partial charge in [-0.2, -0.15) is 0 Å². The zero-order valence-electron chi connectivity index (χ0n) is 13.2. The first kappa shape index (κ1) is 24.5. The van der Waals surface area contributed by atoms with E-state index in [9.17, 15) is 37.8 Å². The second kappa shape index (κ2) is 8.94. The number of hydrogen-bond donors (Lipinski definition) is 4. The van der Waals surface area contributed by atoms with Crippen LogP contribution >= 0.6 is 31.0 Å². The van der Waals surface area contributed by atoms with Crippen LogP contribution in [0.4, 0.5) is 0 Å². The molecule has 0 aromatic carbocycles. The third-order valence-electron chi connectivity index (χ3n) is 2.62. The summed E-state index contributed by atoms with van der Waals surface area (Å²) in [6.07, 6.45) is 0. The first-order valence-electron chi connectivity index (χ1n) is 5.83. The molecule has 14 nitrogen and oxygen atoms in total. The maximum absolute atomic E-state index is 11.8. The summed E-state index contributed by atoms with van der Waals surface area (Å²) in [5, 5.41) is 0. The second-order valence-corrected chi connectivity index (χ2v) is 11.8. The van der Waals surface area contributed by atoms with Crippen molar-refractivity contribution < 1.29 is 55.9 Å². The molecule has 24 heavy (non-hydrogen) atoms. The van der Waals surface area contributed by atoms with E-state index in [1.165, 1.54) is 0 Å². The Balaban J connectivity index is 5.73. The average Bonchev–Trinajstić information content (AvgIpc) is 2.50.